The largest absolute Gasteiger partial charge is 0.478 e. The fourth-order valence-corrected chi connectivity index (χ4v) is 1.52. The fourth-order valence-electron chi connectivity index (χ4n) is 0.928. The third kappa shape index (κ3) is 4.19. The minimum absolute atomic E-state index is 0.0764. The van der Waals surface area contributed by atoms with Gasteiger partial charge in [-0.25, -0.2) is 4.79 Å². The quantitative estimate of drug-likeness (QED) is 0.527. The van der Waals surface area contributed by atoms with Gasteiger partial charge in [-0.3, -0.25) is 0 Å². The monoisotopic (exact) mass is 556 g/mol. The van der Waals surface area contributed by atoms with Gasteiger partial charge >= 0.3 is 5.97 Å². The van der Waals surface area contributed by atoms with Gasteiger partial charge < -0.3 is 9.84 Å². The number of hydrogen-bond acceptors (Lipinski definition) is 2. The van der Waals surface area contributed by atoms with Crippen molar-refractivity contribution < 1.29 is 14.6 Å². The highest BCUT2D eigenvalue weighted by Gasteiger charge is 2.46. The van der Waals surface area contributed by atoms with E-state index in [4.69, 9.17) is 9.84 Å². The summed E-state index contributed by atoms with van der Waals surface area (Å²) in [5.74, 6) is -0.822. The summed E-state index contributed by atoms with van der Waals surface area (Å²) in [6.07, 6.45) is 0. The second kappa shape index (κ2) is 5.90. The lowest BCUT2D eigenvalue weighted by Crippen LogP contribution is -2.35. The first-order valence-corrected chi connectivity index (χ1v) is 8.07. The molecular formula is C9H5Br5O3. The van der Waals surface area contributed by atoms with Crippen LogP contribution in [0.4, 0.5) is 0 Å². The predicted octanol–water partition coefficient (Wildman–Crippen LogP) is 5.05. The number of alkyl halides is 5. The number of hydrogen-bond donors (Lipinski definition) is 1. The Bertz CT molecular complexity index is 427. The topological polar surface area (TPSA) is 46.5 Å². The molecule has 0 unspecified atom stereocenters. The summed E-state index contributed by atoms with van der Waals surface area (Å²) in [6.45, 7) is 0. The first-order chi connectivity index (χ1) is 7.65. The molecule has 0 aromatic heterocycles. The molecule has 3 nitrogen and oxygen atoms in total. The van der Waals surface area contributed by atoms with Crippen LogP contribution in [0.2, 0.25) is 0 Å². The van der Waals surface area contributed by atoms with Crippen LogP contribution in [0.3, 0.4) is 0 Å². The average molecular weight is 561 g/mol. The minimum atomic E-state index is -1.07. The van der Waals surface area contributed by atoms with Gasteiger partial charge in [-0.05, 0) is 44.0 Å². The molecule has 0 radical (unpaired) electrons. The molecule has 0 aliphatic rings. The molecule has 0 heterocycles. The Morgan fingerprint density at radius 3 is 2.12 bits per heavy atom. The molecule has 1 aromatic rings. The third-order valence-electron chi connectivity index (χ3n) is 1.69. The summed E-state index contributed by atoms with van der Waals surface area (Å²) in [5.41, 5.74) is 0.0764. The van der Waals surface area contributed by atoms with Gasteiger partial charge in [0.25, 0.3) is 3.42 Å². The highest BCUT2D eigenvalue weighted by molar-refractivity contribution is 9.41. The molecule has 8 heteroatoms. The normalized spacial score (nSPS) is 12.3. The second-order valence-electron chi connectivity index (χ2n) is 2.92. The number of aromatic carboxylic acids is 1. The zero-order valence-electron chi connectivity index (χ0n) is 7.96. The van der Waals surface area contributed by atoms with E-state index >= 15 is 0 Å². The first kappa shape index (κ1) is 15.9. The van der Waals surface area contributed by atoms with E-state index < -0.39 is 11.5 Å². The molecule has 1 rings (SSSR count). The molecule has 0 aliphatic heterocycles. The smallest absolute Gasteiger partial charge is 0.339 e. The summed E-state index contributed by atoms with van der Waals surface area (Å²) < 4.78 is 3.69. The van der Waals surface area contributed by atoms with Gasteiger partial charge in [0.05, 0.1) is 0 Å². The molecule has 17 heavy (non-hydrogen) atoms. The molecule has 0 atom stereocenters. The van der Waals surface area contributed by atoms with Crippen molar-refractivity contribution in [1.29, 1.82) is 0 Å². The lowest BCUT2D eigenvalue weighted by molar-refractivity contribution is 0.0691. The van der Waals surface area contributed by atoms with E-state index in [0.717, 1.165) is 0 Å². The van der Waals surface area contributed by atoms with E-state index in [1.807, 2.05) is 0 Å². The standard InChI is InChI=1S/C9H5Br5O3/c10-8(11,12)9(13,14)17-6-4-2-1-3-5(6)7(15)16/h1-4H,(H,15,16). The molecule has 0 saturated heterocycles. The Morgan fingerprint density at radius 2 is 1.65 bits per heavy atom. The zero-order chi connectivity index (χ0) is 13.3. The number of carboxylic acids is 1. The highest BCUT2D eigenvalue weighted by Crippen LogP contribution is 2.53. The molecular weight excluding hydrogens is 556 g/mol. The predicted molar refractivity (Wildman–Crippen MR) is 84.1 cm³/mol. The number of ether oxygens (including phenoxy) is 1. The van der Waals surface area contributed by atoms with Gasteiger partial charge in [0.2, 0.25) is 0 Å². The summed E-state index contributed by atoms with van der Waals surface area (Å²) in [5, 5.41) is 9.02. The Hall–Kier alpha value is 0.890. The maximum absolute atomic E-state index is 11.0. The molecule has 0 spiro atoms. The van der Waals surface area contributed by atoms with E-state index in [0.29, 0.717) is 0 Å². The Balaban J connectivity index is 3.08. The first-order valence-electron chi connectivity index (χ1n) is 4.11. The number of para-hydroxylation sites is 1. The van der Waals surface area contributed by atoms with E-state index in [1.165, 1.54) is 6.07 Å². The number of benzene rings is 1. The summed E-state index contributed by atoms with van der Waals surface area (Å²) in [4.78, 5) is 11.0. The summed E-state index contributed by atoms with van der Waals surface area (Å²) in [7, 11) is 0. The highest BCUT2D eigenvalue weighted by atomic mass is 80.0. The van der Waals surface area contributed by atoms with Crippen molar-refractivity contribution in [3.63, 3.8) is 0 Å². The average Bonchev–Trinajstić information content (AvgIpc) is 2.15. The van der Waals surface area contributed by atoms with Gasteiger partial charge in [-0.15, -0.1) is 0 Å². The van der Waals surface area contributed by atoms with Crippen molar-refractivity contribution in [2.24, 2.45) is 0 Å². The van der Waals surface area contributed by atoms with Crippen molar-refractivity contribution in [1.82, 2.24) is 0 Å². The third-order valence-corrected chi connectivity index (χ3v) is 8.07. The van der Waals surface area contributed by atoms with Crippen LogP contribution in [0.5, 0.6) is 5.75 Å². The van der Waals surface area contributed by atoms with Gasteiger partial charge in [-0.2, -0.15) is 0 Å². The maximum Gasteiger partial charge on any atom is 0.339 e. The number of rotatable bonds is 3. The van der Waals surface area contributed by atoms with Gasteiger partial charge in [0.15, 0.2) is 2.14 Å². The van der Waals surface area contributed by atoms with Crippen molar-refractivity contribution in [2.45, 2.75) is 5.56 Å². The second-order valence-corrected chi connectivity index (χ2v) is 13.0. The maximum atomic E-state index is 11.0. The van der Waals surface area contributed by atoms with Crippen LogP contribution in [0, 0.1) is 0 Å². The van der Waals surface area contributed by atoms with Crippen LogP contribution in [0.1, 0.15) is 10.4 Å². The lowest BCUT2D eigenvalue weighted by atomic mass is 10.2. The molecule has 0 bridgehead atoms. The number of halogens is 5. The van der Waals surface area contributed by atoms with Crippen molar-refractivity contribution in [2.75, 3.05) is 0 Å². The Labute approximate surface area is 140 Å². The molecule has 0 saturated carbocycles. The zero-order valence-corrected chi connectivity index (χ0v) is 15.9. The van der Waals surface area contributed by atoms with Crippen molar-refractivity contribution in [3.05, 3.63) is 29.8 Å². The molecule has 94 valence electrons. The van der Waals surface area contributed by atoms with Gasteiger partial charge in [0, 0.05) is 0 Å². The molecule has 0 amide bonds. The summed E-state index contributed by atoms with van der Waals surface area (Å²) >= 11 is 16.4. The van der Waals surface area contributed by atoms with Crippen LogP contribution in [0.15, 0.2) is 24.3 Å². The van der Waals surface area contributed by atoms with Crippen molar-refractivity contribution in [3.8, 4) is 5.75 Å². The lowest BCUT2D eigenvalue weighted by Gasteiger charge is -2.30. The van der Waals surface area contributed by atoms with Crippen LogP contribution in [-0.4, -0.2) is 16.6 Å². The van der Waals surface area contributed by atoms with Crippen molar-refractivity contribution >= 4 is 85.6 Å². The van der Waals surface area contributed by atoms with E-state index in [2.05, 4.69) is 79.6 Å². The molecule has 1 N–H and O–H groups in total. The molecule has 0 aliphatic carbocycles. The van der Waals surface area contributed by atoms with E-state index in [1.54, 1.807) is 18.2 Å². The van der Waals surface area contributed by atoms with E-state index in [-0.39, 0.29) is 11.3 Å². The van der Waals surface area contributed by atoms with Crippen LogP contribution in [-0.2, 0) is 0 Å². The van der Waals surface area contributed by atoms with Crippen LogP contribution >= 0.6 is 79.6 Å². The van der Waals surface area contributed by atoms with E-state index in [9.17, 15) is 4.79 Å². The number of carbonyl (C=O) groups is 1. The van der Waals surface area contributed by atoms with Gasteiger partial charge in [0.1, 0.15) is 11.3 Å². The molecule has 0 fully saturated rings. The Morgan fingerprint density at radius 1 is 1.12 bits per heavy atom. The van der Waals surface area contributed by atoms with Crippen LogP contribution in [0.25, 0.3) is 0 Å². The SMILES string of the molecule is O=C(O)c1ccccc1OC(Br)(Br)C(Br)(Br)Br. The summed E-state index contributed by atoms with van der Waals surface area (Å²) in [6, 6.07) is 6.35. The Kier molecular flexibility index (Phi) is 5.53. The fraction of sp³-hybridized carbons (Fsp3) is 0.222. The van der Waals surface area contributed by atoms with Gasteiger partial charge in [-0.1, -0.05) is 59.9 Å². The number of carboxylic acid groups (broad SMARTS) is 1. The molecule has 1 aromatic carbocycles. The minimum Gasteiger partial charge on any atom is -0.478 e. The van der Waals surface area contributed by atoms with Crippen LogP contribution < -0.4 is 4.74 Å².